The van der Waals surface area contributed by atoms with Crippen molar-refractivity contribution in [2.24, 2.45) is 17.5 Å². The van der Waals surface area contributed by atoms with E-state index < -0.39 is 17.8 Å². The Balaban J connectivity index is 0.000000577. The molecule has 0 atom stereocenters. The molecule has 0 bridgehead atoms. The number of nitrogens with one attached hydrogen (secondary N) is 4. The molecular formula is C56H83BrN16O18. The van der Waals surface area contributed by atoms with Crippen molar-refractivity contribution >= 4 is 87.6 Å². The fourth-order valence-electron chi connectivity index (χ4n) is 7.25. The van der Waals surface area contributed by atoms with Crippen LogP contribution >= 0.6 is 15.9 Å². The summed E-state index contributed by atoms with van der Waals surface area (Å²) in [5.74, 6) is 10.4. The summed E-state index contributed by atoms with van der Waals surface area (Å²) in [5.41, 5.74) is 12.8. The van der Waals surface area contributed by atoms with Crippen LogP contribution in [-0.4, -0.2) is 238 Å². The number of rotatable bonds is 15. The first-order chi connectivity index (χ1) is 43.5. The van der Waals surface area contributed by atoms with Crippen molar-refractivity contribution in [2.75, 3.05) is 124 Å². The number of carbonyl (C=O) groups excluding carboxylic acids is 9. The first-order valence-corrected chi connectivity index (χ1v) is 29.1. The van der Waals surface area contributed by atoms with E-state index in [4.69, 9.17) is 39.7 Å². The van der Waals surface area contributed by atoms with E-state index in [1.54, 1.807) is 20.8 Å². The van der Waals surface area contributed by atoms with E-state index in [2.05, 4.69) is 80.8 Å². The van der Waals surface area contributed by atoms with Gasteiger partial charge in [0.2, 0.25) is 23.6 Å². The van der Waals surface area contributed by atoms with Gasteiger partial charge in [0, 0.05) is 68.5 Å². The molecule has 6 heterocycles. The van der Waals surface area contributed by atoms with Crippen LogP contribution < -0.4 is 39.1 Å². The SMILES string of the molecule is CCO.CCOC(=O)CBr.CCOC(=O)CN1CCOCC1=O.Cc1cc(C)cc(-c2ncn(/C=C\C(=O)NNC(=O)CN3CCOCC3=O)n2)c1.Cc1cc(C)cc(-c2ncn(/C=C\C(=O)O)n2)c1.NN.NNC(=O)CN1CCOCC1=O.O=C1COCCN1. The topological polar surface area (TPSA) is 464 Å². The van der Waals surface area contributed by atoms with Crippen molar-refractivity contribution in [1.82, 2.24) is 65.8 Å². The number of nitrogens with two attached hydrogens (primary N) is 3. The van der Waals surface area contributed by atoms with Crippen LogP contribution in [0.25, 0.3) is 35.2 Å². The van der Waals surface area contributed by atoms with E-state index >= 15 is 0 Å². The molecule has 0 aliphatic carbocycles. The van der Waals surface area contributed by atoms with E-state index in [-0.39, 0.29) is 94.1 Å². The van der Waals surface area contributed by atoms with Gasteiger partial charge in [-0.2, -0.15) is 0 Å². The molecule has 7 amide bonds. The van der Waals surface area contributed by atoms with Crippen LogP contribution in [0.15, 0.2) is 61.2 Å². The molecule has 12 N–H and O–H groups in total. The number of hydrogen-bond donors (Lipinski definition) is 9. The number of halogens is 1. The monoisotopic (exact) mass is 1350 g/mol. The number of alkyl halides is 1. The van der Waals surface area contributed by atoms with Gasteiger partial charge in [-0.25, -0.2) is 30.0 Å². The lowest BCUT2D eigenvalue weighted by molar-refractivity contribution is -0.154. The van der Waals surface area contributed by atoms with Gasteiger partial charge in [0.25, 0.3) is 17.7 Å². The maximum absolute atomic E-state index is 11.9. The number of morpholine rings is 4. The highest BCUT2D eigenvalue weighted by atomic mass is 79.9. The van der Waals surface area contributed by atoms with Crippen LogP contribution in [0.3, 0.4) is 0 Å². The Morgan fingerprint density at radius 3 is 1.37 bits per heavy atom. The number of aliphatic carboxylic acids is 1. The number of nitrogens with zero attached hydrogens (tertiary/aromatic N) is 9. The first kappa shape index (κ1) is 80.1. The molecule has 0 radical (unpaired) electrons. The van der Waals surface area contributed by atoms with Crippen molar-refractivity contribution in [1.29, 1.82) is 0 Å². The minimum Gasteiger partial charge on any atom is -0.478 e. The molecule has 2 aromatic carbocycles. The van der Waals surface area contributed by atoms with Gasteiger partial charge in [0.1, 0.15) is 64.0 Å². The molecule has 4 aliphatic heterocycles. The summed E-state index contributed by atoms with van der Waals surface area (Å²) in [7, 11) is 0. The molecule has 0 saturated carbocycles. The minimum absolute atomic E-state index is 0.00810. The summed E-state index contributed by atoms with van der Waals surface area (Å²) in [6.45, 7) is 18.4. The summed E-state index contributed by atoms with van der Waals surface area (Å²) in [6.07, 6.45) is 7.96. The number of carbonyl (C=O) groups is 10. The maximum Gasteiger partial charge on any atom is 0.329 e. The summed E-state index contributed by atoms with van der Waals surface area (Å²) < 4.78 is 31.5. The molecule has 4 fully saturated rings. The molecule has 8 rings (SSSR count). The smallest absolute Gasteiger partial charge is 0.329 e. The summed E-state index contributed by atoms with van der Waals surface area (Å²) >= 11 is 2.94. The third-order valence-corrected chi connectivity index (χ3v) is 11.4. The van der Waals surface area contributed by atoms with Crippen LogP contribution in [0.4, 0.5) is 0 Å². The molecule has 35 heteroatoms. The second-order valence-electron chi connectivity index (χ2n) is 18.5. The summed E-state index contributed by atoms with van der Waals surface area (Å²) in [4.78, 5) is 123. The number of hydrazine groups is 3. The fraction of sp³-hybridized carbons (Fsp3) is 0.464. The number of aromatic nitrogens is 6. The molecule has 34 nitrogen and oxygen atoms in total. The van der Waals surface area contributed by atoms with Gasteiger partial charge >= 0.3 is 17.9 Å². The lowest BCUT2D eigenvalue weighted by Crippen LogP contribution is -2.50. The maximum atomic E-state index is 11.9. The number of esters is 2. The Hall–Kier alpha value is -8.94. The van der Waals surface area contributed by atoms with E-state index in [1.807, 2.05) is 57.4 Å². The van der Waals surface area contributed by atoms with Crippen LogP contribution in [0, 0.1) is 27.7 Å². The summed E-state index contributed by atoms with van der Waals surface area (Å²) in [6, 6.07) is 12.1. The number of aryl methyl sites for hydroxylation is 4. The molecule has 0 unspecified atom stereocenters. The molecule has 502 valence electrons. The summed E-state index contributed by atoms with van der Waals surface area (Å²) in [5, 5.41) is 27.5. The van der Waals surface area contributed by atoms with Crippen LogP contribution in [0.2, 0.25) is 0 Å². The predicted molar refractivity (Wildman–Crippen MR) is 331 cm³/mol. The van der Waals surface area contributed by atoms with E-state index in [0.29, 0.717) is 82.8 Å². The van der Waals surface area contributed by atoms with Gasteiger partial charge in [0.15, 0.2) is 11.6 Å². The van der Waals surface area contributed by atoms with Crippen molar-refractivity contribution in [3.05, 3.63) is 83.5 Å². The third kappa shape index (κ3) is 35.7. The van der Waals surface area contributed by atoms with Gasteiger partial charge in [-0.1, -0.05) is 50.3 Å². The molecule has 0 spiro atoms. The highest BCUT2D eigenvalue weighted by Crippen LogP contribution is 2.19. The number of carboxylic acid groups (broad SMARTS) is 1. The average molecular weight is 1350 g/mol. The van der Waals surface area contributed by atoms with Gasteiger partial charge in [-0.3, -0.25) is 71.1 Å². The molecule has 2 aromatic heterocycles. The second-order valence-corrected chi connectivity index (χ2v) is 19.1. The Kier molecular flexibility index (Phi) is 41.4. The number of aliphatic hydroxyl groups excluding tert-OH is 1. The molecule has 4 saturated heterocycles. The molecule has 4 aliphatic rings. The lowest BCUT2D eigenvalue weighted by Gasteiger charge is -2.25. The van der Waals surface area contributed by atoms with Crippen molar-refractivity contribution < 1.29 is 86.6 Å². The normalized spacial score (nSPS) is 14.1. The van der Waals surface area contributed by atoms with E-state index in [0.717, 1.165) is 39.5 Å². The van der Waals surface area contributed by atoms with Gasteiger partial charge < -0.3 is 58.7 Å². The van der Waals surface area contributed by atoms with E-state index in [1.165, 1.54) is 55.2 Å². The minimum atomic E-state index is -1.02. The Morgan fingerprint density at radius 2 is 1.02 bits per heavy atom. The zero-order valence-corrected chi connectivity index (χ0v) is 53.5. The first-order valence-electron chi connectivity index (χ1n) is 27.9. The van der Waals surface area contributed by atoms with Crippen LogP contribution in [-0.2, 0) is 76.4 Å². The number of ether oxygens (including phenoxy) is 6. The number of aliphatic hydroxyl groups is 1. The van der Waals surface area contributed by atoms with Gasteiger partial charge in [-0.05, 0) is 72.7 Å². The molecular weight excluding hydrogens is 1260 g/mol. The van der Waals surface area contributed by atoms with Crippen LogP contribution in [0.5, 0.6) is 0 Å². The number of benzene rings is 2. The fourth-order valence-corrected chi connectivity index (χ4v) is 7.41. The molecule has 91 heavy (non-hydrogen) atoms. The largest absolute Gasteiger partial charge is 0.478 e. The van der Waals surface area contributed by atoms with Crippen LogP contribution in [0.1, 0.15) is 43.0 Å². The zero-order chi connectivity index (χ0) is 68.1. The Morgan fingerprint density at radius 1 is 0.615 bits per heavy atom. The second kappa shape index (κ2) is 47.1. The van der Waals surface area contributed by atoms with Crippen molar-refractivity contribution in [3.63, 3.8) is 0 Å². The average Bonchev–Trinajstić information content (AvgIpc) is 2.28. The Labute approximate surface area is 534 Å². The zero-order valence-electron chi connectivity index (χ0n) is 51.9. The predicted octanol–water partition coefficient (Wildman–Crippen LogP) is -1.71. The number of hydrogen-bond acceptors (Lipinski definition) is 24. The number of amides is 7. The van der Waals surface area contributed by atoms with E-state index in [9.17, 15) is 47.9 Å². The quantitative estimate of drug-likeness (QED) is 0.0160. The highest BCUT2D eigenvalue weighted by Gasteiger charge is 2.23. The van der Waals surface area contributed by atoms with Crippen molar-refractivity contribution in [2.45, 2.75) is 48.5 Å². The molecule has 4 aromatic rings. The standard InChI is InChI=1S/C19H22N6O4.C13H13N3O2.C8H13NO4.C6H11N3O3.C4H7BrO2.C4H7NO2.C2H6O.H4N2/c1-13-7-14(2)9-15(8-13)19-20-12-25(23-19)4-3-16(26)21-22-17(27)10-24-5-6-29-11-18(24)28;1-9-5-10(2)7-11(6-9)13-14-8-16(15-13)4-3-12(17)18;1-2-13-8(11)5-9-3-4-12-6-7(9)10;7-8-5(10)3-9-1-2-12-4-6(9)11;1-2-7-4(6)3-5;6-4-3-7-2-1-5-4;1-2-3;1-2/h3-4,7-9,12H,5-6,10-11H2,1-2H3,(H,21,26)(H,22,27);3-8H,1-2H3,(H,17,18);2-6H2,1H3;1-4,7H2,(H,8,10);2-3H2,1H3;1-3H2,(H,5,6);3H,2H2,1H3;1-2H2/b2*4-3-;;;;;;. The third-order valence-electron chi connectivity index (χ3n) is 11.0. The number of carboxylic acids is 1. The van der Waals surface area contributed by atoms with Gasteiger partial charge in [0.05, 0.1) is 39.6 Å². The highest BCUT2D eigenvalue weighted by molar-refractivity contribution is 9.09. The lowest BCUT2D eigenvalue weighted by atomic mass is 10.1. The Bertz CT molecular complexity index is 2940. The van der Waals surface area contributed by atoms with Gasteiger partial charge in [-0.15, -0.1) is 10.2 Å². The van der Waals surface area contributed by atoms with Crippen molar-refractivity contribution in [3.8, 4) is 22.8 Å².